The van der Waals surface area contributed by atoms with Crippen LogP contribution in [-0.2, 0) is 0 Å². The molecule has 3 rings (SSSR count). The fourth-order valence-electron chi connectivity index (χ4n) is 4.02. The van der Waals surface area contributed by atoms with Crippen LogP contribution in [0.3, 0.4) is 0 Å². The van der Waals surface area contributed by atoms with Crippen molar-refractivity contribution in [2.45, 2.75) is 25.0 Å². The van der Waals surface area contributed by atoms with E-state index in [2.05, 4.69) is 18.7 Å². The molecule has 3 aliphatic rings. The summed E-state index contributed by atoms with van der Waals surface area (Å²) < 4.78 is 0. The van der Waals surface area contributed by atoms with Crippen molar-refractivity contribution in [2.75, 3.05) is 0 Å². The molecule has 0 unspecified atom stereocenters. The molecule has 2 fully saturated rings. The van der Waals surface area contributed by atoms with Crippen LogP contribution >= 0.6 is 0 Å². The normalized spacial score (nSPS) is 56.8. The molecule has 7 atom stereocenters. The molecule has 0 aliphatic heterocycles. The highest BCUT2D eigenvalue weighted by Gasteiger charge is 2.54. The van der Waals surface area contributed by atoms with E-state index in [1.54, 1.807) is 6.08 Å². The maximum absolute atomic E-state index is 10.3. The first-order chi connectivity index (χ1) is 7.22. The molecule has 0 aromatic carbocycles. The van der Waals surface area contributed by atoms with Gasteiger partial charge in [0.25, 0.3) is 0 Å². The fourth-order valence-corrected chi connectivity index (χ4v) is 4.02. The van der Waals surface area contributed by atoms with Gasteiger partial charge in [-0.25, -0.2) is 0 Å². The van der Waals surface area contributed by atoms with Crippen molar-refractivity contribution in [1.82, 2.24) is 0 Å². The number of hydrogen-bond acceptors (Lipinski definition) is 2. The number of aliphatic hydroxyl groups is 2. The summed E-state index contributed by atoms with van der Waals surface area (Å²) in [6.07, 6.45) is 7.54. The van der Waals surface area contributed by atoms with Crippen LogP contribution in [0.5, 0.6) is 0 Å². The van der Waals surface area contributed by atoms with Crippen LogP contribution < -0.4 is 0 Å². The van der Waals surface area contributed by atoms with Gasteiger partial charge in [-0.05, 0) is 36.5 Å². The Hall–Kier alpha value is -0.600. The number of aliphatic hydroxyl groups excluding tert-OH is 2. The van der Waals surface area contributed by atoms with E-state index in [0.717, 1.165) is 6.42 Å². The second-order valence-electron chi connectivity index (χ2n) is 5.30. The third kappa shape index (κ3) is 1.18. The van der Waals surface area contributed by atoms with Crippen molar-refractivity contribution in [1.29, 1.82) is 0 Å². The molecule has 0 spiro atoms. The molecule has 2 N–H and O–H groups in total. The SMILES string of the molecule is C=C[C@H]1C[C@H](O)[C@H]2[C@@H]([C@@H]1O)[C@H]1C=C[C@@H]2C1. The highest BCUT2D eigenvalue weighted by atomic mass is 16.3. The minimum Gasteiger partial charge on any atom is -0.393 e. The van der Waals surface area contributed by atoms with Gasteiger partial charge in [0.15, 0.2) is 0 Å². The summed E-state index contributed by atoms with van der Waals surface area (Å²) >= 11 is 0. The molecular weight excluding hydrogens is 188 g/mol. The predicted octanol–water partition coefficient (Wildman–Crippen LogP) is 1.35. The van der Waals surface area contributed by atoms with Crippen LogP contribution in [-0.4, -0.2) is 22.4 Å². The van der Waals surface area contributed by atoms with E-state index >= 15 is 0 Å². The van der Waals surface area contributed by atoms with Gasteiger partial charge in [-0.1, -0.05) is 18.2 Å². The minimum absolute atomic E-state index is 0.0778. The van der Waals surface area contributed by atoms with Crippen LogP contribution in [0.15, 0.2) is 24.8 Å². The minimum atomic E-state index is -0.296. The molecule has 0 radical (unpaired) electrons. The van der Waals surface area contributed by atoms with E-state index in [0.29, 0.717) is 24.2 Å². The van der Waals surface area contributed by atoms with Gasteiger partial charge in [0.1, 0.15) is 0 Å². The Kier molecular flexibility index (Phi) is 2.05. The van der Waals surface area contributed by atoms with Gasteiger partial charge in [0.2, 0.25) is 0 Å². The number of hydrogen-bond donors (Lipinski definition) is 2. The first kappa shape index (κ1) is 9.61. The zero-order chi connectivity index (χ0) is 10.6. The molecule has 3 aliphatic carbocycles. The largest absolute Gasteiger partial charge is 0.393 e. The smallest absolute Gasteiger partial charge is 0.0641 e. The maximum atomic E-state index is 10.3. The van der Waals surface area contributed by atoms with E-state index in [1.807, 2.05) is 0 Å². The van der Waals surface area contributed by atoms with Gasteiger partial charge in [-0.2, -0.15) is 0 Å². The lowest BCUT2D eigenvalue weighted by molar-refractivity contribution is -0.0701. The summed E-state index contributed by atoms with van der Waals surface area (Å²) in [5.41, 5.74) is 0. The Morgan fingerprint density at radius 1 is 1.07 bits per heavy atom. The third-order valence-corrected chi connectivity index (χ3v) is 4.68. The Bertz CT molecular complexity index is 310. The molecular formula is C13H18O2. The van der Waals surface area contributed by atoms with Crippen molar-refractivity contribution in [2.24, 2.45) is 29.6 Å². The van der Waals surface area contributed by atoms with Crippen molar-refractivity contribution in [3.8, 4) is 0 Å². The molecule has 2 nitrogen and oxygen atoms in total. The lowest BCUT2D eigenvalue weighted by Crippen LogP contribution is -2.47. The van der Waals surface area contributed by atoms with E-state index in [4.69, 9.17) is 0 Å². The fraction of sp³-hybridized carbons (Fsp3) is 0.692. The van der Waals surface area contributed by atoms with Gasteiger partial charge in [0, 0.05) is 5.92 Å². The second-order valence-corrected chi connectivity index (χ2v) is 5.30. The average molecular weight is 206 g/mol. The number of rotatable bonds is 1. The zero-order valence-electron chi connectivity index (χ0n) is 8.79. The molecule has 2 saturated carbocycles. The second kappa shape index (κ2) is 3.19. The Labute approximate surface area is 90.3 Å². The molecule has 15 heavy (non-hydrogen) atoms. The maximum Gasteiger partial charge on any atom is 0.0641 e. The van der Waals surface area contributed by atoms with Gasteiger partial charge in [-0.3, -0.25) is 0 Å². The van der Waals surface area contributed by atoms with Gasteiger partial charge < -0.3 is 10.2 Å². The lowest BCUT2D eigenvalue weighted by Gasteiger charge is -2.43. The van der Waals surface area contributed by atoms with Crippen molar-refractivity contribution >= 4 is 0 Å². The molecule has 2 bridgehead atoms. The van der Waals surface area contributed by atoms with Crippen molar-refractivity contribution in [3.63, 3.8) is 0 Å². The van der Waals surface area contributed by atoms with Gasteiger partial charge in [-0.15, -0.1) is 6.58 Å². The predicted molar refractivity (Wildman–Crippen MR) is 58.0 cm³/mol. The standard InChI is InChI=1S/C13H18O2/c1-2-7-6-10(14)11-8-3-4-9(5-8)12(11)13(7)15/h2-4,7-15H,1,5-6H2/t7-,8+,9-,10-,11-,12-,13+/m0/s1. The summed E-state index contributed by atoms with van der Waals surface area (Å²) in [6, 6.07) is 0. The van der Waals surface area contributed by atoms with E-state index in [9.17, 15) is 10.2 Å². The summed E-state index contributed by atoms with van der Waals surface area (Å²) in [5, 5.41) is 20.4. The zero-order valence-corrected chi connectivity index (χ0v) is 8.79. The van der Waals surface area contributed by atoms with Crippen molar-refractivity contribution < 1.29 is 10.2 Å². The van der Waals surface area contributed by atoms with Crippen LogP contribution in [0.4, 0.5) is 0 Å². The molecule has 82 valence electrons. The highest BCUT2D eigenvalue weighted by Crippen LogP contribution is 2.55. The molecule has 0 saturated heterocycles. The number of fused-ring (bicyclic) bond motifs is 5. The van der Waals surface area contributed by atoms with Crippen LogP contribution in [0.1, 0.15) is 12.8 Å². The number of allylic oxidation sites excluding steroid dienone is 2. The topological polar surface area (TPSA) is 40.5 Å². The summed E-state index contributed by atoms with van der Waals surface area (Å²) in [5.74, 6) is 1.65. The quantitative estimate of drug-likeness (QED) is 0.636. The van der Waals surface area contributed by atoms with E-state index < -0.39 is 0 Å². The summed E-state index contributed by atoms with van der Waals surface area (Å²) in [6.45, 7) is 3.76. The van der Waals surface area contributed by atoms with Gasteiger partial charge in [0.05, 0.1) is 12.2 Å². The Morgan fingerprint density at radius 2 is 1.73 bits per heavy atom. The average Bonchev–Trinajstić information content (AvgIpc) is 2.83. The van der Waals surface area contributed by atoms with Crippen LogP contribution in [0.25, 0.3) is 0 Å². The Balaban J connectivity index is 1.93. The Morgan fingerprint density at radius 3 is 2.40 bits per heavy atom. The molecule has 0 heterocycles. The van der Waals surface area contributed by atoms with Crippen molar-refractivity contribution in [3.05, 3.63) is 24.8 Å². The third-order valence-electron chi connectivity index (χ3n) is 4.68. The molecule has 2 heteroatoms. The monoisotopic (exact) mass is 206 g/mol. The summed E-state index contributed by atoms with van der Waals surface area (Å²) in [4.78, 5) is 0. The van der Waals surface area contributed by atoms with Crippen LogP contribution in [0.2, 0.25) is 0 Å². The van der Waals surface area contributed by atoms with Gasteiger partial charge >= 0.3 is 0 Å². The molecule has 0 aromatic rings. The highest BCUT2D eigenvalue weighted by molar-refractivity contribution is 5.19. The first-order valence-corrected chi connectivity index (χ1v) is 5.89. The van der Waals surface area contributed by atoms with Crippen LogP contribution in [0, 0.1) is 29.6 Å². The summed E-state index contributed by atoms with van der Waals surface area (Å²) in [7, 11) is 0. The lowest BCUT2D eigenvalue weighted by atomic mass is 9.66. The van der Waals surface area contributed by atoms with E-state index in [1.165, 1.54) is 0 Å². The van der Waals surface area contributed by atoms with E-state index in [-0.39, 0.29) is 24.0 Å². The molecule has 0 aromatic heterocycles. The first-order valence-electron chi connectivity index (χ1n) is 5.89. The molecule has 0 amide bonds.